The first-order valence-electron chi connectivity index (χ1n) is 9.06. The Morgan fingerprint density at radius 3 is 2.38 bits per heavy atom. The number of carbonyl (C=O) groups excluding carboxylic acids is 1. The summed E-state index contributed by atoms with van der Waals surface area (Å²) in [6.07, 6.45) is 1.53. The van der Waals surface area contributed by atoms with Crippen molar-refractivity contribution in [3.8, 4) is 11.9 Å². The van der Waals surface area contributed by atoms with Gasteiger partial charge < -0.3 is 10.1 Å². The van der Waals surface area contributed by atoms with Crippen LogP contribution in [0.25, 0.3) is 0 Å². The number of methoxy groups -OCH3 is 1. The van der Waals surface area contributed by atoms with E-state index in [1.165, 1.54) is 25.4 Å². The van der Waals surface area contributed by atoms with Crippen LogP contribution in [-0.2, 0) is 9.92 Å². The first-order chi connectivity index (χ1) is 13.7. The van der Waals surface area contributed by atoms with Crippen LogP contribution in [0.1, 0.15) is 50.7 Å². The molecule has 0 fully saturated rings. The van der Waals surface area contributed by atoms with Crippen LogP contribution in [0.3, 0.4) is 0 Å². The van der Waals surface area contributed by atoms with Crippen molar-refractivity contribution in [2.24, 2.45) is 4.36 Å². The molecule has 1 atom stereocenters. The molecule has 2 rings (SSSR count). The summed E-state index contributed by atoms with van der Waals surface area (Å²) in [6.45, 7) is 7.97. The lowest BCUT2D eigenvalue weighted by Crippen LogP contribution is -2.34. The Kier molecular flexibility index (Phi) is 7.08. The third kappa shape index (κ3) is 5.18. The summed E-state index contributed by atoms with van der Waals surface area (Å²) in [7, 11) is -2.00. The number of hydrogen-bond acceptors (Lipinski definition) is 5. The molecule has 2 N–H and O–H groups in total. The maximum absolute atomic E-state index is 13.2. The van der Waals surface area contributed by atoms with E-state index in [1.54, 1.807) is 18.2 Å². The van der Waals surface area contributed by atoms with Crippen LogP contribution in [0.4, 0.5) is 10.5 Å². The van der Waals surface area contributed by atoms with Crippen LogP contribution >= 0.6 is 0 Å². The molecule has 0 saturated carbocycles. The molecule has 0 radical (unpaired) electrons. The van der Waals surface area contributed by atoms with Crippen LogP contribution in [0, 0.1) is 23.6 Å². The predicted octanol–water partition coefficient (Wildman–Crippen LogP) is 4.59. The zero-order chi connectivity index (χ0) is 21.6. The minimum atomic E-state index is -3.50. The normalized spacial score (nSPS) is 12.5. The Morgan fingerprint density at radius 2 is 1.86 bits per heavy atom. The molecule has 0 heterocycles. The molecule has 2 aromatic carbocycles. The van der Waals surface area contributed by atoms with Gasteiger partial charge in [0.05, 0.1) is 17.7 Å². The first kappa shape index (κ1) is 22.1. The molecule has 0 aliphatic rings. The highest BCUT2D eigenvalue weighted by Crippen LogP contribution is 2.30. The largest absolute Gasteiger partial charge is 0.497 e. The predicted molar refractivity (Wildman–Crippen MR) is 112 cm³/mol. The third-order valence-corrected chi connectivity index (χ3v) is 5.92. The summed E-state index contributed by atoms with van der Waals surface area (Å²) in [5, 5.41) is 11.8. The van der Waals surface area contributed by atoms with Gasteiger partial charge in [-0.05, 0) is 47.7 Å². The van der Waals surface area contributed by atoms with E-state index >= 15 is 0 Å². The quantitative estimate of drug-likeness (QED) is 0.677. The highest BCUT2D eigenvalue weighted by Gasteiger charge is 2.20. The monoisotopic (exact) mass is 412 g/mol. The van der Waals surface area contributed by atoms with E-state index in [0.717, 1.165) is 11.1 Å². The molecule has 0 saturated heterocycles. The highest BCUT2D eigenvalue weighted by atomic mass is 32.2. The number of benzene rings is 1. The van der Waals surface area contributed by atoms with E-state index in [2.05, 4.69) is 26.5 Å². The Bertz CT molecular complexity index is 1000. The number of nitrogens with one attached hydrogen (secondary N) is 2. The molecule has 2 aromatic rings. The summed E-state index contributed by atoms with van der Waals surface area (Å²) in [4.78, 5) is 12.9. The van der Waals surface area contributed by atoms with Gasteiger partial charge in [-0.2, -0.15) is 5.26 Å². The summed E-state index contributed by atoms with van der Waals surface area (Å²) in [6, 6.07) is 13.2. The van der Waals surface area contributed by atoms with E-state index in [0.29, 0.717) is 11.4 Å². The minimum absolute atomic E-state index is 0.0926. The van der Waals surface area contributed by atoms with Gasteiger partial charge in [-0.1, -0.05) is 44.2 Å². The Morgan fingerprint density at radius 1 is 1.21 bits per heavy atom. The molecular formula is C21H24N4O3S. The zero-order valence-electron chi connectivity index (χ0n) is 17.1. The second kappa shape index (κ2) is 9.31. The van der Waals surface area contributed by atoms with Crippen LogP contribution in [0.5, 0.6) is 5.75 Å². The van der Waals surface area contributed by atoms with Gasteiger partial charge in [0.15, 0.2) is 9.92 Å². The molecule has 0 bridgehead atoms. The van der Waals surface area contributed by atoms with Crippen LogP contribution in [0.2, 0.25) is 0 Å². The standard InChI is InChI=1S/C21H24N4O3S/c1-14(2)18-7-6-8-19(15(3)4)20(18)24-21(26)25-29(27,23-13-22)17-11-9-16(28-5)10-12-17/h7,9-12,14-15H,1-5H3,(H2,23,24,25,26,27). The minimum Gasteiger partial charge on any atom is -0.497 e. The number of rotatable bonds is 6. The molecule has 152 valence electrons. The lowest BCUT2D eigenvalue weighted by molar-refractivity contribution is 0.256. The number of anilines is 1. The van der Waals surface area contributed by atoms with E-state index in [9.17, 15) is 9.00 Å². The fraction of sp³-hybridized carbons (Fsp3) is 0.333. The summed E-state index contributed by atoms with van der Waals surface area (Å²) in [5.41, 5.74) is 2.27. The van der Waals surface area contributed by atoms with Crippen molar-refractivity contribution < 1.29 is 13.7 Å². The lowest BCUT2D eigenvalue weighted by Gasteiger charge is -2.19. The van der Waals surface area contributed by atoms with Crippen molar-refractivity contribution in [1.82, 2.24) is 4.72 Å². The third-order valence-electron chi connectivity index (χ3n) is 4.21. The molecule has 1 unspecified atom stereocenters. The molecule has 0 aliphatic heterocycles. The van der Waals surface area contributed by atoms with Gasteiger partial charge in [-0.25, -0.2) is 13.7 Å². The maximum Gasteiger partial charge on any atom is 0.332 e. The van der Waals surface area contributed by atoms with Gasteiger partial charge in [0.1, 0.15) is 5.75 Å². The van der Waals surface area contributed by atoms with Crippen molar-refractivity contribution in [3.05, 3.63) is 53.6 Å². The Labute approximate surface area is 172 Å². The molecule has 0 aromatic heterocycles. The second-order valence-electron chi connectivity index (χ2n) is 6.92. The number of urea groups is 1. The Hall–Kier alpha value is -3.23. The van der Waals surface area contributed by atoms with Gasteiger partial charge >= 0.3 is 6.03 Å². The molecule has 8 heteroatoms. The fourth-order valence-corrected chi connectivity index (χ4v) is 3.92. The second-order valence-corrected chi connectivity index (χ2v) is 8.83. The van der Waals surface area contributed by atoms with Crippen LogP contribution in [0.15, 0.2) is 39.6 Å². The topological polar surface area (TPSA) is 104 Å². The van der Waals surface area contributed by atoms with Crippen molar-refractivity contribution in [3.63, 3.8) is 0 Å². The summed E-state index contributed by atoms with van der Waals surface area (Å²) >= 11 is 0. The average Bonchev–Trinajstić information content (AvgIpc) is 2.67. The fourth-order valence-electron chi connectivity index (χ4n) is 2.73. The number of amides is 2. The molecule has 0 spiro atoms. The number of nitrogens with zero attached hydrogens (tertiary/aromatic N) is 2. The molecule has 7 nitrogen and oxygen atoms in total. The smallest absolute Gasteiger partial charge is 0.332 e. The molecular weight excluding hydrogens is 388 g/mol. The van der Waals surface area contributed by atoms with Crippen molar-refractivity contribution in [2.45, 2.75) is 44.4 Å². The summed E-state index contributed by atoms with van der Waals surface area (Å²) in [5.74, 6) is 0.773. The van der Waals surface area contributed by atoms with E-state index in [4.69, 9.17) is 10.00 Å². The molecule has 0 aliphatic carbocycles. The Balaban J connectivity index is 2.39. The van der Waals surface area contributed by atoms with Crippen molar-refractivity contribution in [1.29, 1.82) is 5.26 Å². The van der Waals surface area contributed by atoms with E-state index in [-0.39, 0.29) is 16.7 Å². The lowest BCUT2D eigenvalue weighted by atomic mass is 9.94. The van der Waals surface area contributed by atoms with Gasteiger partial charge in [-0.15, -0.1) is 0 Å². The van der Waals surface area contributed by atoms with Gasteiger partial charge in [0.2, 0.25) is 6.19 Å². The van der Waals surface area contributed by atoms with E-state index in [1.807, 2.05) is 27.7 Å². The van der Waals surface area contributed by atoms with Crippen molar-refractivity contribution >= 4 is 21.6 Å². The highest BCUT2D eigenvalue weighted by molar-refractivity contribution is 7.92. The van der Waals surface area contributed by atoms with Gasteiger partial charge in [-0.3, -0.25) is 0 Å². The zero-order valence-corrected chi connectivity index (χ0v) is 17.9. The average molecular weight is 413 g/mol. The van der Waals surface area contributed by atoms with E-state index < -0.39 is 15.9 Å². The molecule has 2 amide bonds. The maximum atomic E-state index is 13.2. The van der Waals surface area contributed by atoms with Gasteiger partial charge in [0, 0.05) is 5.56 Å². The van der Waals surface area contributed by atoms with Crippen LogP contribution in [-0.4, -0.2) is 17.3 Å². The first-order valence-corrected chi connectivity index (χ1v) is 10.6. The number of nitriles is 1. The molecule has 29 heavy (non-hydrogen) atoms. The summed E-state index contributed by atoms with van der Waals surface area (Å²) < 4.78 is 24.1. The van der Waals surface area contributed by atoms with Crippen LogP contribution < -0.4 is 14.8 Å². The van der Waals surface area contributed by atoms with Crippen molar-refractivity contribution in [2.75, 3.05) is 12.4 Å². The number of hydrogen-bond donors (Lipinski definition) is 2. The van der Waals surface area contributed by atoms with Gasteiger partial charge in [0.25, 0.3) is 0 Å². The number of carbonyl (C=O) groups is 1. The number of ether oxygens (including phenoxy) is 1. The SMILES string of the molecule is COc1ccc(S(=O)(=NC#N)NC(=O)Nc2c(C(C)C)c#ccc2C(C)C)cc1.